The van der Waals surface area contributed by atoms with Crippen LogP contribution in [0.2, 0.25) is 0 Å². The van der Waals surface area contributed by atoms with Gasteiger partial charge in [0.15, 0.2) is 5.13 Å². The van der Waals surface area contributed by atoms with E-state index >= 15 is 0 Å². The molecule has 0 unspecified atom stereocenters. The third-order valence-electron chi connectivity index (χ3n) is 4.68. The molecule has 2 N–H and O–H groups in total. The molecule has 1 heterocycles. The minimum absolute atomic E-state index is 0.0507. The predicted molar refractivity (Wildman–Crippen MR) is 129 cm³/mol. The number of methoxy groups -OCH3 is 1. The van der Waals surface area contributed by atoms with Crippen LogP contribution in [-0.2, 0) is 10.0 Å². The van der Waals surface area contributed by atoms with Crippen molar-refractivity contribution in [3.05, 3.63) is 72.3 Å². The lowest BCUT2D eigenvalue weighted by Gasteiger charge is -2.12. The van der Waals surface area contributed by atoms with Crippen molar-refractivity contribution in [1.82, 2.24) is 4.98 Å². The maximum atomic E-state index is 13.0. The maximum absolute atomic E-state index is 13.0. The zero-order valence-corrected chi connectivity index (χ0v) is 19.5. The summed E-state index contributed by atoms with van der Waals surface area (Å²) in [5, 5.41) is 3.16. The van der Waals surface area contributed by atoms with Crippen molar-refractivity contribution < 1.29 is 22.7 Å². The number of rotatable bonds is 8. The Kier molecular flexibility index (Phi) is 6.47. The van der Waals surface area contributed by atoms with Gasteiger partial charge in [0.05, 0.1) is 40.1 Å². The maximum Gasteiger partial charge on any atom is 0.261 e. The molecule has 0 aliphatic rings. The lowest BCUT2D eigenvalue weighted by Crippen LogP contribution is -2.18. The number of thiazole rings is 1. The standard InChI is InChI=1S/C23H21N3O5S2/c1-3-31-16-10-13-20-21(14-16)32-23(24-20)25-22(27)18-6-4-5-7-19(18)26-33(28,29)17-11-8-15(30-2)9-12-17/h4-14,26H,3H2,1-2H3,(H,24,25,27). The molecule has 4 rings (SSSR count). The van der Waals surface area contributed by atoms with E-state index in [-0.39, 0.29) is 16.1 Å². The van der Waals surface area contributed by atoms with Crippen LogP contribution in [0.1, 0.15) is 17.3 Å². The third kappa shape index (κ3) is 5.07. The van der Waals surface area contributed by atoms with Crippen LogP contribution in [0, 0.1) is 0 Å². The van der Waals surface area contributed by atoms with Gasteiger partial charge in [-0.1, -0.05) is 23.5 Å². The molecule has 10 heteroatoms. The van der Waals surface area contributed by atoms with Gasteiger partial charge in [0.1, 0.15) is 11.5 Å². The van der Waals surface area contributed by atoms with Crippen LogP contribution in [0.3, 0.4) is 0 Å². The lowest BCUT2D eigenvalue weighted by molar-refractivity contribution is 0.102. The monoisotopic (exact) mass is 483 g/mol. The average molecular weight is 484 g/mol. The number of carbonyl (C=O) groups is 1. The van der Waals surface area contributed by atoms with Crippen LogP contribution >= 0.6 is 11.3 Å². The Hall–Kier alpha value is -3.63. The van der Waals surface area contributed by atoms with Crippen molar-refractivity contribution in [1.29, 1.82) is 0 Å². The highest BCUT2D eigenvalue weighted by Gasteiger charge is 2.19. The number of anilines is 2. The molecule has 0 saturated heterocycles. The summed E-state index contributed by atoms with van der Waals surface area (Å²) in [5.74, 6) is 0.787. The Bertz CT molecular complexity index is 1400. The molecule has 0 fully saturated rings. The number of fused-ring (bicyclic) bond motifs is 1. The number of ether oxygens (including phenoxy) is 2. The normalized spacial score (nSPS) is 11.2. The Morgan fingerprint density at radius 1 is 1.03 bits per heavy atom. The van der Waals surface area contributed by atoms with Gasteiger partial charge in [-0.15, -0.1) is 0 Å². The van der Waals surface area contributed by atoms with Crippen LogP contribution in [-0.4, -0.2) is 33.0 Å². The fourth-order valence-electron chi connectivity index (χ4n) is 3.11. The first-order valence-electron chi connectivity index (χ1n) is 10.0. The lowest BCUT2D eigenvalue weighted by atomic mass is 10.2. The van der Waals surface area contributed by atoms with Crippen molar-refractivity contribution in [3.8, 4) is 11.5 Å². The minimum Gasteiger partial charge on any atom is -0.497 e. The van der Waals surface area contributed by atoms with Crippen molar-refractivity contribution in [2.45, 2.75) is 11.8 Å². The summed E-state index contributed by atoms with van der Waals surface area (Å²) in [7, 11) is -2.41. The second kappa shape index (κ2) is 9.47. The summed E-state index contributed by atoms with van der Waals surface area (Å²) in [6, 6.07) is 17.9. The second-order valence-electron chi connectivity index (χ2n) is 6.86. The van der Waals surface area contributed by atoms with E-state index in [0.717, 1.165) is 16.0 Å². The van der Waals surface area contributed by atoms with Crippen LogP contribution in [0.25, 0.3) is 10.2 Å². The highest BCUT2D eigenvalue weighted by atomic mass is 32.2. The van der Waals surface area contributed by atoms with Gasteiger partial charge in [-0.2, -0.15) is 0 Å². The molecule has 0 bridgehead atoms. The van der Waals surface area contributed by atoms with E-state index in [2.05, 4.69) is 15.0 Å². The van der Waals surface area contributed by atoms with Gasteiger partial charge in [-0.05, 0) is 61.5 Å². The number of hydrogen-bond donors (Lipinski definition) is 2. The molecule has 0 radical (unpaired) electrons. The molecule has 0 saturated carbocycles. The molecule has 33 heavy (non-hydrogen) atoms. The SMILES string of the molecule is CCOc1ccc2nc(NC(=O)c3ccccc3NS(=O)(=O)c3ccc(OC)cc3)sc2c1. The van der Waals surface area contributed by atoms with Crippen LogP contribution in [0.4, 0.5) is 10.8 Å². The van der Waals surface area contributed by atoms with E-state index < -0.39 is 15.9 Å². The molecule has 1 aromatic heterocycles. The van der Waals surface area contributed by atoms with Crippen molar-refractivity contribution in [3.63, 3.8) is 0 Å². The van der Waals surface area contributed by atoms with Gasteiger partial charge in [0.2, 0.25) is 0 Å². The molecule has 4 aromatic rings. The molecular formula is C23H21N3O5S2. The molecule has 0 spiro atoms. The topological polar surface area (TPSA) is 107 Å². The molecule has 3 aromatic carbocycles. The number of aromatic nitrogens is 1. The molecule has 8 nitrogen and oxygen atoms in total. The summed E-state index contributed by atoms with van der Waals surface area (Å²) < 4.78 is 39.6. The smallest absolute Gasteiger partial charge is 0.261 e. The van der Waals surface area contributed by atoms with Crippen molar-refractivity contribution >= 4 is 48.3 Å². The van der Waals surface area contributed by atoms with E-state index in [4.69, 9.17) is 9.47 Å². The molecule has 170 valence electrons. The van der Waals surface area contributed by atoms with Crippen LogP contribution in [0.15, 0.2) is 71.6 Å². The summed E-state index contributed by atoms with van der Waals surface area (Å²) in [6.07, 6.45) is 0. The van der Waals surface area contributed by atoms with Crippen molar-refractivity contribution in [2.24, 2.45) is 0 Å². The summed E-state index contributed by atoms with van der Waals surface area (Å²) in [5.41, 5.74) is 1.06. The fraction of sp³-hybridized carbons (Fsp3) is 0.130. The van der Waals surface area contributed by atoms with E-state index in [1.54, 1.807) is 30.3 Å². The second-order valence-corrected chi connectivity index (χ2v) is 9.58. The van der Waals surface area contributed by atoms with Gasteiger partial charge in [0.25, 0.3) is 15.9 Å². The predicted octanol–water partition coefficient (Wildman–Crippen LogP) is 4.76. The number of nitrogens with one attached hydrogen (secondary N) is 2. The number of para-hydroxylation sites is 1. The Balaban J connectivity index is 1.56. The Labute approximate surface area is 195 Å². The van der Waals surface area contributed by atoms with Gasteiger partial charge in [-0.25, -0.2) is 13.4 Å². The van der Waals surface area contributed by atoms with Gasteiger partial charge in [-0.3, -0.25) is 14.8 Å². The van der Waals surface area contributed by atoms with Gasteiger partial charge < -0.3 is 9.47 Å². The number of benzene rings is 3. The highest BCUT2D eigenvalue weighted by Crippen LogP contribution is 2.30. The number of sulfonamides is 1. The van der Waals surface area contributed by atoms with E-state index in [1.807, 2.05) is 25.1 Å². The molecular weight excluding hydrogens is 462 g/mol. The summed E-state index contributed by atoms with van der Waals surface area (Å²) in [4.78, 5) is 17.4. The number of hydrogen-bond acceptors (Lipinski definition) is 7. The quantitative estimate of drug-likeness (QED) is 0.374. The highest BCUT2D eigenvalue weighted by molar-refractivity contribution is 7.92. The van der Waals surface area contributed by atoms with Crippen LogP contribution < -0.4 is 19.5 Å². The summed E-state index contributed by atoms with van der Waals surface area (Å²) in [6.45, 7) is 2.46. The largest absolute Gasteiger partial charge is 0.497 e. The zero-order valence-electron chi connectivity index (χ0n) is 17.9. The fourth-order valence-corrected chi connectivity index (χ4v) is 5.08. The molecule has 0 aliphatic carbocycles. The third-order valence-corrected chi connectivity index (χ3v) is 6.99. The number of nitrogens with zero attached hydrogens (tertiary/aromatic N) is 1. The molecule has 1 amide bonds. The molecule has 0 atom stereocenters. The number of carbonyl (C=O) groups excluding carboxylic acids is 1. The van der Waals surface area contributed by atoms with E-state index in [1.165, 1.54) is 36.6 Å². The first-order chi connectivity index (χ1) is 15.9. The van der Waals surface area contributed by atoms with Gasteiger partial charge >= 0.3 is 0 Å². The van der Waals surface area contributed by atoms with Gasteiger partial charge in [0, 0.05) is 0 Å². The first-order valence-corrected chi connectivity index (χ1v) is 12.3. The van der Waals surface area contributed by atoms with E-state index in [9.17, 15) is 13.2 Å². The first kappa shape index (κ1) is 22.6. The van der Waals surface area contributed by atoms with Crippen LogP contribution in [0.5, 0.6) is 11.5 Å². The zero-order chi connectivity index (χ0) is 23.4. The summed E-state index contributed by atoms with van der Waals surface area (Å²) >= 11 is 1.31. The number of amides is 1. The Morgan fingerprint density at radius 3 is 2.48 bits per heavy atom. The Morgan fingerprint density at radius 2 is 1.76 bits per heavy atom. The average Bonchev–Trinajstić information content (AvgIpc) is 3.21. The minimum atomic E-state index is -3.91. The molecule has 0 aliphatic heterocycles. The van der Waals surface area contributed by atoms with Crippen molar-refractivity contribution in [2.75, 3.05) is 23.8 Å². The van der Waals surface area contributed by atoms with E-state index in [0.29, 0.717) is 17.5 Å².